The van der Waals surface area contributed by atoms with Gasteiger partial charge in [0, 0.05) is 42.6 Å². The van der Waals surface area contributed by atoms with E-state index in [1.54, 1.807) is 24.3 Å². The van der Waals surface area contributed by atoms with Crippen molar-refractivity contribution in [3.05, 3.63) is 95.1 Å². The highest BCUT2D eigenvalue weighted by atomic mass is 16.2. The van der Waals surface area contributed by atoms with Gasteiger partial charge in [0.2, 0.25) is 0 Å². The van der Waals surface area contributed by atoms with E-state index >= 15 is 0 Å². The van der Waals surface area contributed by atoms with Gasteiger partial charge in [0.05, 0.1) is 0 Å². The number of para-hydroxylation sites is 1. The van der Waals surface area contributed by atoms with Gasteiger partial charge in [-0.05, 0) is 66.3 Å². The number of hydrogen-bond donors (Lipinski definition) is 3. The molecule has 1 heterocycles. The number of nitrogens with zero attached hydrogens (tertiary/aromatic N) is 1. The second kappa shape index (κ2) is 9.36. The zero-order valence-electron chi connectivity index (χ0n) is 18.5. The zero-order chi connectivity index (χ0) is 22.6. The largest absolute Gasteiger partial charge is 0.367 e. The van der Waals surface area contributed by atoms with E-state index in [1.807, 2.05) is 0 Å². The normalized spacial score (nSPS) is 14.5. The number of hydrogen-bond acceptors (Lipinski definition) is 3. The molecule has 1 aliphatic carbocycles. The predicted octanol–water partition coefficient (Wildman–Crippen LogP) is 4.46. The van der Waals surface area contributed by atoms with Crippen LogP contribution < -0.4 is 20.9 Å². The van der Waals surface area contributed by atoms with Crippen molar-refractivity contribution in [3.63, 3.8) is 0 Å². The minimum absolute atomic E-state index is 0.137. The Labute approximate surface area is 194 Å². The smallest absolute Gasteiger partial charge is 0.319 e. The van der Waals surface area contributed by atoms with Gasteiger partial charge in [-0.1, -0.05) is 42.5 Å². The molecule has 0 saturated heterocycles. The molecule has 3 N–H and O–H groups in total. The highest BCUT2D eigenvalue weighted by Gasteiger charge is 2.23. The van der Waals surface area contributed by atoms with E-state index in [0.29, 0.717) is 23.8 Å². The van der Waals surface area contributed by atoms with Gasteiger partial charge in [0.25, 0.3) is 5.91 Å². The summed E-state index contributed by atoms with van der Waals surface area (Å²) in [5, 5.41) is 8.63. The first-order valence-corrected chi connectivity index (χ1v) is 11.5. The molecule has 0 radical (unpaired) electrons. The van der Waals surface area contributed by atoms with Crippen LogP contribution in [0.4, 0.5) is 16.2 Å². The Morgan fingerprint density at radius 1 is 0.879 bits per heavy atom. The van der Waals surface area contributed by atoms with E-state index in [2.05, 4.69) is 69.4 Å². The molecule has 0 aromatic heterocycles. The summed E-state index contributed by atoms with van der Waals surface area (Å²) in [6.45, 7) is 2.41. The van der Waals surface area contributed by atoms with E-state index < -0.39 is 0 Å². The second-order valence-electron chi connectivity index (χ2n) is 8.75. The van der Waals surface area contributed by atoms with Crippen LogP contribution in [0, 0.1) is 0 Å². The first kappa shape index (κ1) is 21.1. The fourth-order valence-corrected chi connectivity index (χ4v) is 4.12. The van der Waals surface area contributed by atoms with Crippen molar-refractivity contribution in [3.8, 4) is 0 Å². The molecule has 1 saturated carbocycles. The molecular formula is C27H28N4O2. The number of urea groups is 1. The molecule has 1 fully saturated rings. The van der Waals surface area contributed by atoms with Crippen molar-refractivity contribution in [2.24, 2.45) is 0 Å². The van der Waals surface area contributed by atoms with Crippen molar-refractivity contribution in [1.29, 1.82) is 0 Å². The summed E-state index contributed by atoms with van der Waals surface area (Å²) in [6.07, 6.45) is 3.19. The maximum atomic E-state index is 12.5. The van der Waals surface area contributed by atoms with E-state index in [4.69, 9.17) is 0 Å². The molecule has 6 heteroatoms. The van der Waals surface area contributed by atoms with E-state index in [1.165, 1.54) is 16.8 Å². The first-order valence-electron chi connectivity index (χ1n) is 11.5. The maximum Gasteiger partial charge on any atom is 0.319 e. The lowest BCUT2D eigenvalue weighted by molar-refractivity contribution is 0.0951. The fraction of sp³-hybridized carbons (Fsp3) is 0.259. The van der Waals surface area contributed by atoms with Gasteiger partial charge in [-0.2, -0.15) is 0 Å². The SMILES string of the molecule is O=C(Nc1ccc(C(=O)NCc2ccc(CN3CCc4ccccc43)cc2)cc1)NC1CC1. The third-order valence-corrected chi connectivity index (χ3v) is 6.15. The third-order valence-electron chi connectivity index (χ3n) is 6.15. The topological polar surface area (TPSA) is 73.5 Å². The number of rotatable bonds is 7. The molecule has 0 unspecified atom stereocenters. The summed E-state index contributed by atoms with van der Waals surface area (Å²) in [5.74, 6) is -0.137. The average Bonchev–Trinajstić information content (AvgIpc) is 3.56. The molecule has 0 bridgehead atoms. The maximum absolute atomic E-state index is 12.5. The van der Waals surface area contributed by atoms with Gasteiger partial charge in [0.15, 0.2) is 0 Å². The molecule has 168 valence electrons. The van der Waals surface area contributed by atoms with E-state index in [9.17, 15) is 9.59 Å². The van der Waals surface area contributed by atoms with Crippen molar-refractivity contribution in [2.45, 2.75) is 38.4 Å². The summed E-state index contributed by atoms with van der Waals surface area (Å²) >= 11 is 0. The Hall–Kier alpha value is -3.80. The van der Waals surface area contributed by atoms with Gasteiger partial charge in [0.1, 0.15) is 0 Å². The third kappa shape index (κ3) is 5.34. The summed E-state index contributed by atoms with van der Waals surface area (Å²) in [4.78, 5) is 26.7. The molecule has 2 aliphatic rings. The van der Waals surface area contributed by atoms with Crippen LogP contribution >= 0.6 is 0 Å². The van der Waals surface area contributed by atoms with E-state index in [-0.39, 0.29) is 11.9 Å². The monoisotopic (exact) mass is 440 g/mol. The summed E-state index contributed by atoms with van der Waals surface area (Å²) < 4.78 is 0. The Balaban J connectivity index is 1.11. The lowest BCUT2D eigenvalue weighted by Gasteiger charge is -2.19. The van der Waals surface area contributed by atoms with Gasteiger partial charge in [-0.25, -0.2) is 4.79 Å². The number of carbonyl (C=O) groups excluding carboxylic acids is 2. The van der Waals surface area contributed by atoms with Gasteiger partial charge < -0.3 is 20.9 Å². The van der Waals surface area contributed by atoms with Crippen LogP contribution in [0.2, 0.25) is 0 Å². The number of benzene rings is 3. The molecule has 3 aromatic carbocycles. The molecule has 0 atom stereocenters. The van der Waals surface area contributed by atoms with Crippen molar-refractivity contribution >= 4 is 23.3 Å². The van der Waals surface area contributed by atoms with Crippen LogP contribution in [0.1, 0.15) is 39.9 Å². The van der Waals surface area contributed by atoms with Crippen molar-refractivity contribution in [1.82, 2.24) is 10.6 Å². The Morgan fingerprint density at radius 2 is 1.61 bits per heavy atom. The molecule has 6 nitrogen and oxygen atoms in total. The quantitative estimate of drug-likeness (QED) is 0.508. The van der Waals surface area contributed by atoms with Crippen LogP contribution in [0.15, 0.2) is 72.8 Å². The summed E-state index contributed by atoms with van der Waals surface area (Å²) in [5.41, 5.74) is 6.30. The zero-order valence-corrected chi connectivity index (χ0v) is 18.5. The summed E-state index contributed by atoms with van der Waals surface area (Å²) in [6, 6.07) is 24.0. The predicted molar refractivity (Wildman–Crippen MR) is 130 cm³/mol. The molecule has 1 aliphatic heterocycles. The minimum atomic E-state index is -0.202. The number of amides is 3. The first-order chi connectivity index (χ1) is 16.1. The molecule has 3 aromatic rings. The van der Waals surface area contributed by atoms with Crippen LogP contribution in [-0.2, 0) is 19.5 Å². The lowest BCUT2D eigenvalue weighted by atomic mass is 10.1. The Bertz CT molecular complexity index is 1140. The number of fused-ring (bicyclic) bond motifs is 1. The average molecular weight is 441 g/mol. The molecule has 33 heavy (non-hydrogen) atoms. The lowest BCUT2D eigenvalue weighted by Crippen LogP contribution is -2.30. The molecular weight excluding hydrogens is 412 g/mol. The number of nitrogens with one attached hydrogen (secondary N) is 3. The van der Waals surface area contributed by atoms with Crippen LogP contribution in [0.25, 0.3) is 0 Å². The number of carbonyl (C=O) groups is 2. The molecule has 3 amide bonds. The summed E-state index contributed by atoms with van der Waals surface area (Å²) in [7, 11) is 0. The van der Waals surface area contributed by atoms with Gasteiger partial charge in [-0.3, -0.25) is 4.79 Å². The Kier molecular flexibility index (Phi) is 5.98. The van der Waals surface area contributed by atoms with Crippen molar-refractivity contribution < 1.29 is 9.59 Å². The second-order valence-corrected chi connectivity index (χ2v) is 8.75. The molecule has 5 rings (SSSR count). The molecule has 0 spiro atoms. The van der Waals surface area contributed by atoms with Crippen LogP contribution in [-0.4, -0.2) is 24.5 Å². The van der Waals surface area contributed by atoms with E-state index in [0.717, 1.165) is 37.9 Å². The Morgan fingerprint density at radius 3 is 2.36 bits per heavy atom. The highest BCUT2D eigenvalue weighted by Crippen LogP contribution is 2.28. The van der Waals surface area contributed by atoms with Crippen LogP contribution in [0.5, 0.6) is 0 Å². The van der Waals surface area contributed by atoms with Crippen molar-refractivity contribution in [2.75, 3.05) is 16.8 Å². The van der Waals surface area contributed by atoms with Crippen LogP contribution in [0.3, 0.4) is 0 Å². The van der Waals surface area contributed by atoms with Gasteiger partial charge >= 0.3 is 6.03 Å². The number of anilines is 2. The standard InChI is InChI=1S/C27H28N4O2/c32-26(22-9-11-23(12-10-22)29-27(33)30-24-13-14-24)28-17-19-5-7-20(8-6-19)18-31-16-15-21-3-1-2-4-25(21)31/h1-12,24H,13-18H2,(H,28,32)(H2,29,30,33). The van der Waals surface area contributed by atoms with Gasteiger partial charge in [-0.15, -0.1) is 0 Å². The highest BCUT2D eigenvalue weighted by molar-refractivity contribution is 5.95. The fourth-order valence-electron chi connectivity index (χ4n) is 4.12. The minimum Gasteiger partial charge on any atom is -0.367 e.